The molecule has 0 unspecified atom stereocenters. The Morgan fingerprint density at radius 2 is 2.10 bits per heavy atom. The predicted octanol–water partition coefficient (Wildman–Crippen LogP) is 3.98. The van der Waals surface area contributed by atoms with E-state index in [1.165, 1.54) is 32.1 Å². The summed E-state index contributed by atoms with van der Waals surface area (Å²) in [5, 5.41) is 6.23. The van der Waals surface area contributed by atoms with Gasteiger partial charge < -0.3 is 10.6 Å². The number of halogens is 1. The number of rotatable bonds is 5. The van der Waals surface area contributed by atoms with Gasteiger partial charge in [-0.1, -0.05) is 26.2 Å². The van der Waals surface area contributed by atoms with Gasteiger partial charge in [-0.15, -0.1) is 0 Å². The lowest BCUT2D eigenvalue weighted by atomic mass is 9.76. The molecule has 116 valence electrons. The van der Waals surface area contributed by atoms with Crippen LogP contribution in [0.2, 0.25) is 0 Å². The molecule has 1 aromatic heterocycles. The Hall–Kier alpha value is -1.10. The molecular weight excluding hydrogens is 330 g/mol. The average Bonchev–Trinajstić information content (AvgIpc) is 2.48. The molecule has 0 spiro atoms. The normalized spacial score (nSPS) is 17.3. The second kappa shape index (κ2) is 7.25. The van der Waals surface area contributed by atoms with Crippen LogP contribution in [0.4, 0.5) is 5.82 Å². The Bertz CT molecular complexity index is 498. The number of hydrogen-bond acceptors (Lipinski definition) is 3. The largest absolute Gasteiger partial charge is 0.370 e. The first-order valence-corrected chi connectivity index (χ1v) is 8.51. The van der Waals surface area contributed by atoms with E-state index in [1.807, 2.05) is 13.0 Å². The van der Waals surface area contributed by atoms with Crippen molar-refractivity contribution in [3.63, 3.8) is 0 Å². The molecule has 21 heavy (non-hydrogen) atoms. The van der Waals surface area contributed by atoms with Crippen molar-refractivity contribution >= 4 is 27.7 Å². The molecule has 0 radical (unpaired) electrons. The number of nitrogens with zero attached hydrogens (tertiary/aromatic N) is 1. The van der Waals surface area contributed by atoms with Crippen LogP contribution in [-0.4, -0.2) is 24.0 Å². The summed E-state index contributed by atoms with van der Waals surface area (Å²) in [6.45, 7) is 5.75. The summed E-state index contributed by atoms with van der Waals surface area (Å²) in [7, 11) is 0. The van der Waals surface area contributed by atoms with Gasteiger partial charge in [-0.05, 0) is 47.2 Å². The number of pyridine rings is 1. The Morgan fingerprint density at radius 1 is 1.38 bits per heavy atom. The molecule has 1 saturated carbocycles. The number of anilines is 1. The highest BCUT2D eigenvalue weighted by atomic mass is 79.9. The summed E-state index contributed by atoms with van der Waals surface area (Å²) in [5.41, 5.74) is 0.844. The van der Waals surface area contributed by atoms with E-state index in [1.54, 1.807) is 6.20 Å². The number of nitrogens with one attached hydrogen (secondary N) is 2. The standard InChI is InChI=1S/C16H24BrN3O/c1-3-18-14-13(9-12(17)10-19-14)15(21)20-11-16(2)7-5-4-6-8-16/h9-10H,3-8,11H2,1-2H3,(H,18,19)(H,20,21). The van der Waals surface area contributed by atoms with Crippen molar-refractivity contribution in [2.45, 2.75) is 46.0 Å². The van der Waals surface area contributed by atoms with E-state index in [2.05, 4.69) is 38.5 Å². The monoisotopic (exact) mass is 353 g/mol. The molecule has 1 fully saturated rings. The molecule has 0 bridgehead atoms. The topological polar surface area (TPSA) is 54.0 Å². The second-order valence-corrected chi connectivity index (χ2v) is 7.05. The molecule has 1 heterocycles. The van der Waals surface area contributed by atoms with Crippen molar-refractivity contribution in [1.29, 1.82) is 0 Å². The molecule has 5 heteroatoms. The first-order chi connectivity index (χ1) is 10.0. The summed E-state index contributed by atoms with van der Waals surface area (Å²) in [6.07, 6.45) is 7.97. The molecule has 2 N–H and O–H groups in total. The van der Waals surface area contributed by atoms with Crippen molar-refractivity contribution < 1.29 is 4.79 Å². The van der Waals surface area contributed by atoms with E-state index >= 15 is 0 Å². The van der Waals surface area contributed by atoms with Crippen molar-refractivity contribution in [2.24, 2.45) is 5.41 Å². The van der Waals surface area contributed by atoms with Gasteiger partial charge >= 0.3 is 0 Å². The highest BCUT2D eigenvalue weighted by Crippen LogP contribution is 2.35. The third kappa shape index (κ3) is 4.43. The summed E-state index contributed by atoms with van der Waals surface area (Å²) in [5.74, 6) is 0.596. The molecular formula is C16H24BrN3O. The van der Waals surface area contributed by atoms with Crippen LogP contribution in [0.5, 0.6) is 0 Å². The average molecular weight is 354 g/mol. The molecule has 1 aliphatic carbocycles. The van der Waals surface area contributed by atoms with Crippen LogP contribution < -0.4 is 10.6 Å². The van der Waals surface area contributed by atoms with Crippen LogP contribution in [0.15, 0.2) is 16.7 Å². The highest BCUT2D eigenvalue weighted by Gasteiger charge is 2.27. The summed E-state index contributed by atoms with van der Waals surface area (Å²) in [6, 6.07) is 1.82. The minimum absolute atomic E-state index is 0.0495. The van der Waals surface area contributed by atoms with Crippen LogP contribution >= 0.6 is 15.9 Å². The molecule has 0 atom stereocenters. The third-order valence-electron chi connectivity index (χ3n) is 4.18. The smallest absolute Gasteiger partial charge is 0.255 e. The maximum atomic E-state index is 12.5. The zero-order valence-corrected chi connectivity index (χ0v) is 14.4. The molecule has 1 aromatic rings. The fraction of sp³-hybridized carbons (Fsp3) is 0.625. The zero-order chi connectivity index (χ0) is 15.3. The van der Waals surface area contributed by atoms with E-state index in [-0.39, 0.29) is 11.3 Å². The molecule has 4 nitrogen and oxygen atoms in total. The summed E-state index contributed by atoms with van der Waals surface area (Å²) >= 11 is 3.38. The zero-order valence-electron chi connectivity index (χ0n) is 12.8. The fourth-order valence-electron chi connectivity index (χ4n) is 2.89. The Morgan fingerprint density at radius 3 is 2.76 bits per heavy atom. The Balaban J connectivity index is 2.04. The van der Waals surface area contributed by atoms with E-state index in [4.69, 9.17) is 0 Å². The molecule has 0 aromatic carbocycles. The number of hydrogen-bond donors (Lipinski definition) is 2. The number of aromatic nitrogens is 1. The van der Waals surface area contributed by atoms with Crippen molar-refractivity contribution in [2.75, 3.05) is 18.4 Å². The predicted molar refractivity (Wildman–Crippen MR) is 89.6 cm³/mol. The number of carbonyl (C=O) groups is 1. The lowest BCUT2D eigenvalue weighted by molar-refractivity contribution is 0.0919. The first kappa shape index (κ1) is 16.3. The van der Waals surface area contributed by atoms with Gasteiger partial charge in [0.15, 0.2) is 0 Å². The minimum Gasteiger partial charge on any atom is -0.370 e. The molecule has 1 amide bonds. The maximum absolute atomic E-state index is 12.5. The number of amides is 1. The fourth-order valence-corrected chi connectivity index (χ4v) is 3.22. The second-order valence-electron chi connectivity index (χ2n) is 6.13. The summed E-state index contributed by atoms with van der Waals surface area (Å²) < 4.78 is 0.818. The third-order valence-corrected chi connectivity index (χ3v) is 4.61. The molecule has 1 aliphatic rings. The Kier molecular flexibility index (Phi) is 5.62. The van der Waals surface area contributed by atoms with Gasteiger partial charge in [0.25, 0.3) is 5.91 Å². The quantitative estimate of drug-likeness (QED) is 0.841. The van der Waals surface area contributed by atoms with Crippen LogP contribution in [0.25, 0.3) is 0 Å². The lowest BCUT2D eigenvalue weighted by Gasteiger charge is -2.33. The molecule has 0 saturated heterocycles. The van der Waals surface area contributed by atoms with Crippen molar-refractivity contribution in [3.8, 4) is 0 Å². The van der Waals surface area contributed by atoms with Crippen LogP contribution in [0.1, 0.15) is 56.3 Å². The summed E-state index contributed by atoms with van der Waals surface area (Å²) in [4.78, 5) is 16.7. The molecule has 0 aliphatic heterocycles. The molecule has 2 rings (SSSR count). The minimum atomic E-state index is -0.0495. The van der Waals surface area contributed by atoms with Gasteiger partial charge in [-0.2, -0.15) is 0 Å². The first-order valence-electron chi connectivity index (χ1n) is 7.72. The van der Waals surface area contributed by atoms with Crippen molar-refractivity contribution in [3.05, 3.63) is 22.3 Å². The van der Waals surface area contributed by atoms with Gasteiger partial charge in [-0.3, -0.25) is 4.79 Å². The van der Waals surface area contributed by atoms with Gasteiger partial charge in [0.2, 0.25) is 0 Å². The van der Waals surface area contributed by atoms with E-state index in [9.17, 15) is 4.79 Å². The van der Waals surface area contributed by atoms with Gasteiger partial charge in [0.1, 0.15) is 5.82 Å². The van der Waals surface area contributed by atoms with Crippen LogP contribution in [-0.2, 0) is 0 Å². The SMILES string of the molecule is CCNc1ncc(Br)cc1C(=O)NCC1(C)CCCCC1. The maximum Gasteiger partial charge on any atom is 0.255 e. The van der Waals surface area contributed by atoms with Crippen LogP contribution in [0.3, 0.4) is 0 Å². The van der Waals surface area contributed by atoms with Gasteiger partial charge in [0.05, 0.1) is 5.56 Å². The van der Waals surface area contributed by atoms with Crippen LogP contribution in [0, 0.1) is 5.41 Å². The highest BCUT2D eigenvalue weighted by molar-refractivity contribution is 9.10. The number of carbonyl (C=O) groups excluding carboxylic acids is 1. The lowest BCUT2D eigenvalue weighted by Crippen LogP contribution is -2.37. The Labute approximate surface area is 135 Å². The van der Waals surface area contributed by atoms with E-state index in [0.29, 0.717) is 11.4 Å². The van der Waals surface area contributed by atoms with Gasteiger partial charge in [0, 0.05) is 23.8 Å². The van der Waals surface area contributed by atoms with Gasteiger partial charge in [-0.25, -0.2) is 4.98 Å². The van der Waals surface area contributed by atoms with E-state index in [0.717, 1.165) is 17.6 Å². The van der Waals surface area contributed by atoms with E-state index < -0.39 is 0 Å². The van der Waals surface area contributed by atoms with Crippen molar-refractivity contribution in [1.82, 2.24) is 10.3 Å².